The smallest absolute Gasteiger partial charge is 0.0575 e. The van der Waals surface area contributed by atoms with Crippen molar-refractivity contribution in [2.45, 2.75) is 76.4 Å². The van der Waals surface area contributed by atoms with E-state index in [0.717, 1.165) is 24.5 Å². The van der Waals surface area contributed by atoms with Gasteiger partial charge in [-0.1, -0.05) is 25.7 Å². The molecule has 3 fully saturated rings. The Morgan fingerprint density at radius 3 is 2.56 bits per heavy atom. The van der Waals surface area contributed by atoms with Crippen LogP contribution in [-0.2, 0) is 4.74 Å². The summed E-state index contributed by atoms with van der Waals surface area (Å²) in [5, 5.41) is 3.77. The van der Waals surface area contributed by atoms with Crippen LogP contribution in [0.25, 0.3) is 0 Å². The topological polar surface area (TPSA) is 21.3 Å². The lowest BCUT2D eigenvalue weighted by Gasteiger charge is -2.24. The van der Waals surface area contributed by atoms with Crippen molar-refractivity contribution in [2.24, 2.45) is 11.8 Å². The molecule has 0 saturated heterocycles. The van der Waals surface area contributed by atoms with E-state index in [-0.39, 0.29) is 0 Å². The van der Waals surface area contributed by atoms with Gasteiger partial charge in [-0.15, -0.1) is 0 Å². The maximum Gasteiger partial charge on any atom is 0.0575 e. The van der Waals surface area contributed by atoms with Crippen LogP contribution >= 0.6 is 0 Å². The quantitative estimate of drug-likeness (QED) is 0.730. The van der Waals surface area contributed by atoms with Gasteiger partial charge in [-0.3, -0.25) is 0 Å². The van der Waals surface area contributed by atoms with Crippen molar-refractivity contribution in [1.29, 1.82) is 0 Å². The van der Waals surface area contributed by atoms with E-state index in [1.165, 1.54) is 70.8 Å². The molecule has 0 radical (unpaired) electrons. The highest BCUT2D eigenvalue weighted by Crippen LogP contribution is 2.44. The minimum Gasteiger partial charge on any atom is -0.378 e. The molecule has 0 amide bonds. The molecule has 104 valence electrons. The average Bonchev–Trinajstić information content (AvgIpc) is 3.02. The van der Waals surface area contributed by atoms with E-state index in [0.29, 0.717) is 6.10 Å². The predicted octanol–water partition coefficient (Wildman–Crippen LogP) is 3.50. The Labute approximate surface area is 112 Å². The van der Waals surface area contributed by atoms with Crippen molar-refractivity contribution < 1.29 is 4.74 Å². The summed E-state index contributed by atoms with van der Waals surface area (Å²) in [5.41, 5.74) is 0. The summed E-state index contributed by atoms with van der Waals surface area (Å²) in [6.45, 7) is 2.14. The van der Waals surface area contributed by atoms with Crippen molar-refractivity contribution in [3.63, 3.8) is 0 Å². The van der Waals surface area contributed by atoms with Gasteiger partial charge in [0.1, 0.15) is 0 Å². The molecule has 0 aliphatic heterocycles. The van der Waals surface area contributed by atoms with Crippen LogP contribution in [0.1, 0.15) is 64.2 Å². The number of fused-ring (bicyclic) bond motifs is 2. The van der Waals surface area contributed by atoms with Crippen LogP contribution in [-0.4, -0.2) is 25.3 Å². The summed E-state index contributed by atoms with van der Waals surface area (Å²) < 4.78 is 5.97. The first-order chi connectivity index (χ1) is 8.92. The maximum atomic E-state index is 5.97. The van der Waals surface area contributed by atoms with Crippen LogP contribution in [0.4, 0.5) is 0 Å². The van der Waals surface area contributed by atoms with E-state index in [4.69, 9.17) is 4.74 Å². The van der Waals surface area contributed by atoms with E-state index in [1.54, 1.807) is 0 Å². The van der Waals surface area contributed by atoms with E-state index in [1.807, 2.05) is 0 Å². The molecule has 2 heteroatoms. The van der Waals surface area contributed by atoms with E-state index in [9.17, 15) is 0 Å². The summed E-state index contributed by atoms with van der Waals surface area (Å²) in [7, 11) is 0. The zero-order valence-electron chi connectivity index (χ0n) is 11.7. The monoisotopic (exact) mass is 251 g/mol. The van der Waals surface area contributed by atoms with Crippen molar-refractivity contribution in [1.82, 2.24) is 5.32 Å². The summed E-state index contributed by atoms with van der Waals surface area (Å²) >= 11 is 0. The van der Waals surface area contributed by atoms with Gasteiger partial charge >= 0.3 is 0 Å². The van der Waals surface area contributed by atoms with Crippen molar-refractivity contribution in [2.75, 3.05) is 13.2 Å². The Bertz CT molecular complexity index is 249. The fourth-order valence-electron chi connectivity index (χ4n) is 4.34. The van der Waals surface area contributed by atoms with Gasteiger partial charge in [-0.05, 0) is 56.9 Å². The third-order valence-corrected chi connectivity index (χ3v) is 5.37. The second-order valence-electron chi connectivity index (χ2n) is 6.72. The van der Waals surface area contributed by atoms with Crippen molar-refractivity contribution in [3.05, 3.63) is 0 Å². The molecule has 1 N–H and O–H groups in total. The molecule has 3 rings (SSSR count). The summed E-state index contributed by atoms with van der Waals surface area (Å²) in [5.74, 6) is 2.07. The first kappa shape index (κ1) is 12.9. The minimum atomic E-state index is 0.584. The normalized spacial score (nSPS) is 36.3. The SMILES string of the molecule is C1CCC(OCCCNC2CC3CCC2C3)CC1. The Morgan fingerprint density at radius 2 is 1.83 bits per heavy atom. The van der Waals surface area contributed by atoms with Gasteiger partial charge < -0.3 is 10.1 Å². The molecule has 0 aromatic heterocycles. The molecular weight excluding hydrogens is 222 g/mol. The molecule has 0 aromatic carbocycles. The molecule has 0 heterocycles. The molecule has 2 nitrogen and oxygen atoms in total. The van der Waals surface area contributed by atoms with E-state index in [2.05, 4.69) is 5.32 Å². The van der Waals surface area contributed by atoms with Gasteiger partial charge in [-0.25, -0.2) is 0 Å². The second-order valence-corrected chi connectivity index (χ2v) is 6.72. The van der Waals surface area contributed by atoms with Crippen LogP contribution in [0, 0.1) is 11.8 Å². The molecule has 3 aliphatic carbocycles. The third kappa shape index (κ3) is 3.27. The second kappa shape index (κ2) is 6.38. The zero-order chi connectivity index (χ0) is 12.2. The Hall–Kier alpha value is -0.0800. The number of ether oxygens (including phenoxy) is 1. The Balaban J connectivity index is 1.22. The van der Waals surface area contributed by atoms with Gasteiger partial charge in [0, 0.05) is 12.6 Å². The third-order valence-electron chi connectivity index (χ3n) is 5.37. The van der Waals surface area contributed by atoms with Gasteiger partial charge in [0.15, 0.2) is 0 Å². The highest BCUT2D eigenvalue weighted by Gasteiger charge is 2.38. The van der Waals surface area contributed by atoms with Crippen molar-refractivity contribution in [3.8, 4) is 0 Å². The molecular formula is C16H29NO. The fourth-order valence-corrected chi connectivity index (χ4v) is 4.34. The molecule has 2 bridgehead atoms. The molecule has 0 aromatic rings. The number of rotatable bonds is 6. The number of hydrogen-bond acceptors (Lipinski definition) is 2. The lowest BCUT2D eigenvalue weighted by atomic mass is 9.95. The molecule has 3 saturated carbocycles. The lowest BCUT2D eigenvalue weighted by molar-refractivity contribution is 0.0269. The molecule has 18 heavy (non-hydrogen) atoms. The molecule has 0 spiro atoms. The lowest BCUT2D eigenvalue weighted by Crippen LogP contribution is -2.35. The number of nitrogens with one attached hydrogen (secondary N) is 1. The number of hydrogen-bond donors (Lipinski definition) is 1. The summed E-state index contributed by atoms with van der Waals surface area (Å²) in [6, 6.07) is 0.846. The molecule has 3 unspecified atom stereocenters. The molecule has 3 aliphatic rings. The Morgan fingerprint density at radius 1 is 0.944 bits per heavy atom. The predicted molar refractivity (Wildman–Crippen MR) is 74.7 cm³/mol. The highest BCUT2D eigenvalue weighted by atomic mass is 16.5. The van der Waals surface area contributed by atoms with Crippen LogP contribution < -0.4 is 5.32 Å². The zero-order valence-corrected chi connectivity index (χ0v) is 11.7. The highest BCUT2D eigenvalue weighted by molar-refractivity contribution is 4.93. The van der Waals surface area contributed by atoms with Crippen molar-refractivity contribution >= 4 is 0 Å². The van der Waals surface area contributed by atoms with Crippen LogP contribution in [0.2, 0.25) is 0 Å². The molecule has 3 atom stereocenters. The maximum absolute atomic E-state index is 5.97. The first-order valence-electron chi connectivity index (χ1n) is 8.27. The first-order valence-corrected chi connectivity index (χ1v) is 8.27. The Kier molecular flexibility index (Phi) is 4.58. The largest absolute Gasteiger partial charge is 0.378 e. The summed E-state index contributed by atoms with van der Waals surface area (Å²) in [4.78, 5) is 0. The van der Waals surface area contributed by atoms with Crippen LogP contribution in [0.15, 0.2) is 0 Å². The fraction of sp³-hybridized carbons (Fsp3) is 1.00. The summed E-state index contributed by atoms with van der Waals surface area (Å²) in [6.07, 6.45) is 14.5. The average molecular weight is 251 g/mol. The van der Waals surface area contributed by atoms with Crippen LogP contribution in [0.5, 0.6) is 0 Å². The standard InChI is InChI=1S/C16H29NO/c1-2-5-15(6-3-1)18-10-4-9-17-16-12-13-7-8-14(16)11-13/h13-17H,1-12H2. The van der Waals surface area contributed by atoms with E-state index < -0.39 is 0 Å². The van der Waals surface area contributed by atoms with Gasteiger partial charge in [0.25, 0.3) is 0 Å². The van der Waals surface area contributed by atoms with Crippen LogP contribution in [0.3, 0.4) is 0 Å². The van der Waals surface area contributed by atoms with E-state index >= 15 is 0 Å². The van der Waals surface area contributed by atoms with Gasteiger partial charge in [0.2, 0.25) is 0 Å². The van der Waals surface area contributed by atoms with Gasteiger partial charge in [0.05, 0.1) is 6.10 Å². The van der Waals surface area contributed by atoms with Gasteiger partial charge in [-0.2, -0.15) is 0 Å². The minimum absolute atomic E-state index is 0.584.